The number of alkyl halides is 2. The van der Waals surface area contributed by atoms with Crippen molar-refractivity contribution in [3.63, 3.8) is 0 Å². The molecule has 110 valence electrons. The van der Waals surface area contributed by atoms with E-state index in [1.807, 2.05) is 0 Å². The van der Waals surface area contributed by atoms with Crippen molar-refractivity contribution < 1.29 is 21.9 Å². The minimum atomic E-state index is -4.05. The number of terminal acetylenes is 1. The molecule has 0 unspecified atom stereocenters. The molecule has 0 saturated heterocycles. The standard InChI is InChI=1S/C13H15F2NO3S/c1-5-13(2,3)16(4)20(17,18)11-9-7-6-8-10(11)19-12(14)15/h1,6-9,12H,2-4H3. The number of sulfonamides is 1. The Balaban J connectivity index is 3.34. The van der Waals surface area contributed by atoms with E-state index in [0.29, 0.717) is 0 Å². The first-order chi connectivity index (χ1) is 9.13. The van der Waals surface area contributed by atoms with Gasteiger partial charge in [0.25, 0.3) is 0 Å². The number of benzene rings is 1. The highest BCUT2D eigenvalue weighted by Gasteiger charge is 2.34. The number of hydrogen-bond acceptors (Lipinski definition) is 3. The summed E-state index contributed by atoms with van der Waals surface area (Å²) in [7, 11) is -2.77. The molecule has 0 N–H and O–H groups in total. The Hall–Kier alpha value is -1.65. The van der Waals surface area contributed by atoms with Crippen LogP contribution in [-0.2, 0) is 10.0 Å². The van der Waals surface area contributed by atoms with Gasteiger partial charge >= 0.3 is 6.61 Å². The van der Waals surface area contributed by atoms with Gasteiger partial charge in [-0.15, -0.1) is 6.42 Å². The highest BCUT2D eigenvalue weighted by atomic mass is 32.2. The van der Waals surface area contributed by atoms with Gasteiger partial charge in [-0.2, -0.15) is 13.1 Å². The van der Waals surface area contributed by atoms with E-state index in [0.717, 1.165) is 10.4 Å². The summed E-state index contributed by atoms with van der Waals surface area (Å²) in [6, 6.07) is 5.18. The van der Waals surface area contributed by atoms with E-state index in [-0.39, 0.29) is 4.90 Å². The van der Waals surface area contributed by atoms with E-state index in [4.69, 9.17) is 6.42 Å². The third-order valence-electron chi connectivity index (χ3n) is 2.84. The van der Waals surface area contributed by atoms with Crippen molar-refractivity contribution >= 4 is 10.0 Å². The first-order valence-electron chi connectivity index (χ1n) is 5.63. The van der Waals surface area contributed by atoms with Gasteiger partial charge in [-0.1, -0.05) is 18.1 Å². The van der Waals surface area contributed by atoms with E-state index in [1.165, 1.54) is 39.1 Å². The van der Waals surface area contributed by atoms with Crippen molar-refractivity contribution in [2.24, 2.45) is 0 Å². The first kappa shape index (κ1) is 16.4. The summed E-state index contributed by atoms with van der Waals surface area (Å²) in [5.41, 5.74) is -1.10. The van der Waals surface area contributed by atoms with Gasteiger partial charge in [0.05, 0.1) is 5.54 Å². The van der Waals surface area contributed by atoms with Crippen LogP contribution >= 0.6 is 0 Å². The normalized spacial score (nSPS) is 12.5. The molecule has 0 heterocycles. The summed E-state index contributed by atoms with van der Waals surface area (Å²) in [6.45, 7) is -0.0558. The molecule has 0 amide bonds. The van der Waals surface area contributed by atoms with Gasteiger partial charge in [0.2, 0.25) is 10.0 Å². The lowest BCUT2D eigenvalue weighted by atomic mass is 10.1. The minimum absolute atomic E-state index is 0.355. The fourth-order valence-electron chi connectivity index (χ4n) is 1.40. The summed E-state index contributed by atoms with van der Waals surface area (Å²) in [5.74, 6) is 1.92. The van der Waals surface area contributed by atoms with Gasteiger partial charge in [0.15, 0.2) is 0 Å². The maximum Gasteiger partial charge on any atom is 0.387 e. The van der Waals surface area contributed by atoms with Crippen molar-refractivity contribution in [1.29, 1.82) is 0 Å². The molecule has 0 aromatic heterocycles. The molecular formula is C13H15F2NO3S. The lowest BCUT2D eigenvalue weighted by molar-refractivity contribution is -0.0518. The summed E-state index contributed by atoms with van der Waals surface area (Å²) < 4.78 is 54.7. The largest absolute Gasteiger partial charge is 0.433 e. The molecule has 7 heteroatoms. The lowest BCUT2D eigenvalue weighted by Crippen LogP contribution is -2.43. The van der Waals surface area contributed by atoms with Crippen LogP contribution in [0.4, 0.5) is 8.78 Å². The molecule has 0 aliphatic carbocycles. The molecule has 0 spiro atoms. The van der Waals surface area contributed by atoms with Gasteiger partial charge in [-0.05, 0) is 26.0 Å². The number of nitrogens with zero attached hydrogens (tertiary/aromatic N) is 1. The van der Waals surface area contributed by atoms with E-state index >= 15 is 0 Å². The fourth-order valence-corrected chi connectivity index (χ4v) is 2.97. The smallest absolute Gasteiger partial charge is 0.387 e. The quantitative estimate of drug-likeness (QED) is 0.784. The maximum atomic E-state index is 12.4. The van der Waals surface area contributed by atoms with Crippen LogP contribution in [0.15, 0.2) is 29.2 Å². The van der Waals surface area contributed by atoms with Gasteiger partial charge in [-0.3, -0.25) is 0 Å². The minimum Gasteiger partial charge on any atom is -0.433 e. The molecule has 1 aromatic carbocycles. The van der Waals surface area contributed by atoms with Crippen molar-refractivity contribution in [1.82, 2.24) is 4.31 Å². The second kappa shape index (κ2) is 5.77. The maximum absolute atomic E-state index is 12.4. The van der Waals surface area contributed by atoms with E-state index in [2.05, 4.69) is 10.7 Å². The number of ether oxygens (including phenoxy) is 1. The molecule has 20 heavy (non-hydrogen) atoms. The second-order valence-corrected chi connectivity index (χ2v) is 6.44. The number of halogens is 2. The third-order valence-corrected chi connectivity index (χ3v) is 4.91. The van der Waals surface area contributed by atoms with Crippen molar-refractivity contribution in [2.45, 2.75) is 30.9 Å². The van der Waals surface area contributed by atoms with Gasteiger partial charge in [0, 0.05) is 7.05 Å². The Kier molecular flexibility index (Phi) is 4.73. The summed E-state index contributed by atoms with van der Waals surface area (Å²) in [5, 5.41) is 0. The van der Waals surface area contributed by atoms with Crippen molar-refractivity contribution in [2.75, 3.05) is 7.05 Å². The van der Waals surface area contributed by atoms with Crippen molar-refractivity contribution in [3.05, 3.63) is 24.3 Å². The fraction of sp³-hybridized carbons (Fsp3) is 0.385. The molecule has 0 aliphatic rings. The summed E-state index contributed by atoms with van der Waals surface area (Å²) >= 11 is 0. The van der Waals surface area contributed by atoms with Crippen LogP contribution in [0.5, 0.6) is 5.75 Å². The molecule has 1 aromatic rings. The lowest BCUT2D eigenvalue weighted by Gasteiger charge is -2.30. The van der Waals surface area contributed by atoms with Crippen LogP contribution in [0.1, 0.15) is 13.8 Å². The Morgan fingerprint density at radius 1 is 1.35 bits per heavy atom. The van der Waals surface area contributed by atoms with Crippen LogP contribution in [0.3, 0.4) is 0 Å². The Morgan fingerprint density at radius 3 is 2.40 bits per heavy atom. The molecule has 0 saturated carbocycles. The van der Waals surface area contributed by atoms with Crippen molar-refractivity contribution in [3.8, 4) is 18.1 Å². The summed E-state index contributed by atoms with van der Waals surface area (Å²) in [6.07, 6.45) is 5.29. The van der Waals surface area contributed by atoms with Gasteiger partial charge in [-0.25, -0.2) is 8.42 Å². The molecule has 0 aliphatic heterocycles. The molecule has 1 rings (SSSR count). The molecule has 0 atom stereocenters. The Labute approximate surface area is 117 Å². The van der Waals surface area contributed by atoms with Crippen LogP contribution < -0.4 is 4.74 Å². The zero-order chi connectivity index (χ0) is 15.6. The summed E-state index contributed by atoms with van der Waals surface area (Å²) in [4.78, 5) is -0.355. The number of hydrogen-bond donors (Lipinski definition) is 0. The molecule has 0 radical (unpaired) electrons. The van der Waals surface area contributed by atoms with Gasteiger partial charge < -0.3 is 4.74 Å². The highest BCUT2D eigenvalue weighted by molar-refractivity contribution is 7.89. The molecule has 0 bridgehead atoms. The van der Waals surface area contributed by atoms with E-state index in [9.17, 15) is 17.2 Å². The third kappa shape index (κ3) is 3.26. The van der Waals surface area contributed by atoms with Gasteiger partial charge in [0.1, 0.15) is 10.6 Å². The first-order valence-corrected chi connectivity index (χ1v) is 7.07. The van der Waals surface area contributed by atoms with Crippen LogP contribution in [0.25, 0.3) is 0 Å². The second-order valence-electron chi connectivity index (χ2n) is 4.50. The van der Waals surface area contributed by atoms with Crippen LogP contribution in [-0.4, -0.2) is 31.9 Å². The topological polar surface area (TPSA) is 46.6 Å². The van der Waals surface area contributed by atoms with E-state index in [1.54, 1.807) is 0 Å². The molecule has 0 fully saturated rings. The molecule has 4 nitrogen and oxygen atoms in total. The predicted octanol–water partition coefficient (Wildman–Crippen LogP) is 2.32. The predicted molar refractivity (Wildman–Crippen MR) is 70.9 cm³/mol. The van der Waals surface area contributed by atoms with Crippen LogP contribution in [0, 0.1) is 12.3 Å². The average molecular weight is 303 g/mol. The SMILES string of the molecule is C#CC(C)(C)N(C)S(=O)(=O)c1ccccc1OC(F)F. The Bertz CT molecular complexity index is 621. The molecular weight excluding hydrogens is 288 g/mol. The zero-order valence-electron chi connectivity index (χ0n) is 11.3. The Morgan fingerprint density at radius 2 is 1.90 bits per heavy atom. The monoisotopic (exact) mass is 303 g/mol. The van der Waals surface area contributed by atoms with Crippen LogP contribution in [0.2, 0.25) is 0 Å². The number of rotatable bonds is 5. The zero-order valence-corrected chi connectivity index (χ0v) is 12.1. The number of para-hydroxylation sites is 1. The average Bonchev–Trinajstić information content (AvgIpc) is 2.37. The van der Waals surface area contributed by atoms with E-state index < -0.39 is 27.9 Å². The highest BCUT2D eigenvalue weighted by Crippen LogP contribution is 2.30.